The number of rotatable bonds is 4. The van der Waals surface area contributed by atoms with Gasteiger partial charge in [-0.05, 0) is 13.3 Å². The summed E-state index contributed by atoms with van der Waals surface area (Å²) in [5.74, 6) is 0.989. The first-order valence-electron chi connectivity index (χ1n) is 7.20. The zero-order chi connectivity index (χ0) is 15.7. The molecule has 2 aromatic heterocycles. The molecule has 0 aromatic carbocycles. The summed E-state index contributed by atoms with van der Waals surface area (Å²) in [7, 11) is 1.65. The number of hydrogen-bond donors (Lipinski definition) is 0. The molecule has 1 aliphatic rings. The van der Waals surface area contributed by atoms with E-state index in [1.807, 2.05) is 6.92 Å². The quantitative estimate of drug-likeness (QED) is 0.856. The minimum absolute atomic E-state index is 0.0286. The summed E-state index contributed by atoms with van der Waals surface area (Å²) in [6, 6.07) is -0.245. The van der Waals surface area contributed by atoms with Crippen molar-refractivity contribution in [2.45, 2.75) is 38.8 Å². The van der Waals surface area contributed by atoms with Crippen LogP contribution in [0.1, 0.15) is 46.5 Å². The van der Waals surface area contributed by atoms with E-state index in [1.54, 1.807) is 24.4 Å². The van der Waals surface area contributed by atoms with Crippen LogP contribution >= 0.6 is 11.3 Å². The Morgan fingerprint density at radius 2 is 2.41 bits per heavy atom. The fraction of sp³-hybridized carbons (Fsp3) is 0.571. The van der Waals surface area contributed by atoms with E-state index in [-0.39, 0.29) is 18.1 Å². The van der Waals surface area contributed by atoms with Crippen LogP contribution in [0.2, 0.25) is 0 Å². The van der Waals surface area contributed by atoms with E-state index in [1.165, 1.54) is 11.3 Å². The second-order valence-electron chi connectivity index (χ2n) is 5.23. The molecule has 1 saturated heterocycles. The van der Waals surface area contributed by atoms with Crippen LogP contribution in [0.5, 0.6) is 0 Å². The lowest BCUT2D eigenvalue weighted by Gasteiger charge is -2.21. The summed E-state index contributed by atoms with van der Waals surface area (Å²) >= 11 is 1.37. The van der Waals surface area contributed by atoms with Crippen molar-refractivity contribution < 1.29 is 14.1 Å². The maximum Gasteiger partial charge on any atom is 0.266 e. The van der Waals surface area contributed by atoms with Gasteiger partial charge in [0.2, 0.25) is 5.89 Å². The van der Waals surface area contributed by atoms with E-state index in [9.17, 15) is 4.79 Å². The molecule has 7 nitrogen and oxygen atoms in total. The van der Waals surface area contributed by atoms with Crippen LogP contribution in [0.25, 0.3) is 0 Å². The SMILES string of the molecule is CCc1ncsc1C(=O)N1C[C@@H](OC)C[C@@H]1c1nc(C)no1. The second kappa shape index (κ2) is 6.13. The summed E-state index contributed by atoms with van der Waals surface area (Å²) in [6.45, 7) is 4.27. The predicted octanol–water partition coefficient (Wildman–Crippen LogP) is 2.00. The lowest BCUT2D eigenvalue weighted by atomic mass is 10.2. The van der Waals surface area contributed by atoms with Gasteiger partial charge < -0.3 is 14.2 Å². The molecule has 0 unspecified atom stereocenters. The Morgan fingerprint density at radius 3 is 3.05 bits per heavy atom. The molecule has 2 atom stereocenters. The largest absolute Gasteiger partial charge is 0.380 e. The molecule has 3 heterocycles. The minimum Gasteiger partial charge on any atom is -0.380 e. The molecule has 22 heavy (non-hydrogen) atoms. The van der Waals surface area contributed by atoms with Crippen molar-refractivity contribution in [3.8, 4) is 0 Å². The molecule has 0 aliphatic carbocycles. The molecule has 0 N–H and O–H groups in total. The van der Waals surface area contributed by atoms with Crippen LogP contribution in [0.3, 0.4) is 0 Å². The standard InChI is InChI=1S/C14H18N4O3S/c1-4-10-12(22-7-15-10)14(19)18-6-9(20-3)5-11(18)13-16-8(2)17-21-13/h7,9,11H,4-6H2,1-3H3/t9-,11+/m0/s1. The number of aryl methyl sites for hydroxylation is 2. The summed E-state index contributed by atoms with van der Waals surface area (Å²) < 4.78 is 10.7. The highest BCUT2D eigenvalue weighted by Crippen LogP contribution is 2.34. The van der Waals surface area contributed by atoms with Gasteiger partial charge in [-0.2, -0.15) is 4.98 Å². The van der Waals surface area contributed by atoms with Gasteiger partial charge in [0.05, 0.1) is 17.3 Å². The Kier molecular flexibility index (Phi) is 4.21. The van der Waals surface area contributed by atoms with Crippen molar-refractivity contribution in [1.82, 2.24) is 20.0 Å². The molecule has 1 amide bonds. The van der Waals surface area contributed by atoms with E-state index in [2.05, 4.69) is 15.1 Å². The van der Waals surface area contributed by atoms with Gasteiger partial charge in [-0.15, -0.1) is 11.3 Å². The number of amides is 1. The fourth-order valence-corrected chi connectivity index (χ4v) is 3.54. The van der Waals surface area contributed by atoms with Gasteiger partial charge in [0.25, 0.3) is 5.91 Å². The number of methoxy groups -OCH3 is 1. The van der Waals surface area contributed by atoms with Crippen molar-refractivity contribution in [2.24, 2.45) is 0 Å². The van der Waals surface area contributed by atoms with Crippen molar-refractivity contribution in [1.29, 1.82) is 0 Å². The van der Waals surface area contributed by atoms with Crippen molar-refractivity contribution in [3.05, 3.63) is 27.8 Å². The third kappa shape index (κ3) is 2.64. The van der Waals surface area contributed by atoms with E-state index < -0.39 is 0 Å². The minimum atomic E-state index is -0.245. The first-order chi connectivity index (χ1) is 10.6. The Balaban J connectivity index is 1.90. The molecular formula is C14H18N4O3S. The molecule has 1 fully saturated rings. The van der Waals surface area contributed by atoms with E-state index in [0.717, 1.165) is 12.1 Å². The molecule has 118 valence electrons. The molecule has 2 aromatic rings. The normalized spacial score (nSPS) is 21.5. The zero-order valence-electron chi connectivity index (χ0n) is 12.8. The molecule has 1 aliphatic heterocycles. The monoisotopic (exact) mass is 322 g/mol. The highest BCUT2D eigenvalue weighted by Gasteiger charge is 2.40. The molecule has 8 heteroatoms. The van der Waals surface area contributed by atoms with Crippen LogP contribution in [-0.4, -0.2) is 45.7 Å². The Labute approximate surface area is 132 Å². The lowest BCUT2D eigenvalue weighted by molar-refractivity contribution is 0.0674. The first kappa shape index (κ1) is 15.1. The summed E-state index contributed by atoms with van der Waals surface area (Å²) in [5, 5.41) is 3.83. The van der Waals surface area contributed by atoms with Gasteiger partial charge in [0.15, 0.2) is 5.82 Å². The average molecular weight is 322 g/mol. The first-order valence-corrected chi connectivity index (χ1v) is 8.08. The number of ether oxygens (including phenoxy) is 1. The van der Waals surface area contributed by atoms with Gasteiger partial charge in [-0.1, -0.05) is 12.1 Å². The highest BCUT2D eigenvalue weighted by molar-refractivity contribution is 7.11. The third-order valence-corrected chi connectivity index (χ3v) is 4.71. The van der Waals surface area contributed by atoms with Crippen LogP contribution in [0.15, 0.2) is 10.0 Å². The van der Waals surface area contributed by atoms with Gasteiger partial charge in [0.1, 0.15) is 10.9 Å². The molecule has 0 radical (unpaired) electrons. The maximum absolute atomic E-state index is 12.9. The lowest BCUT2D eigenvalue weighted by Crippen LogP contribution is -2.32. The average Bonchev–Trinajstić information content (AvgIpc) is 3.24. The van der Waals surface area contributed by atoms with Crippen LogP contribution in [0, 0.1) is 6.92 Å². The molecule has 0 saturated carbocycles. The van der Waals surface area contributed by atoms with Gasteiger partial charge in [-0.25, -0.2) is 4.98 Å². The van der Waals surface area contributed by atoms with Crippen molar-refractivity contribution >= 4 is 17.2 Å². The van der Waals surface area contributed by atoms with Gasteiger partial charge >= 0.3 is 0 Å². The van der Waals surface area contributed by atoms with Crippen molar-refractivity contribution in [2.75, 3.05) is 13.7 Å². The van der Waals surface area contributed by atoms with E-state index in [4.69, 9.17) is 9.26 Å². The smallest absolute Gasteiger partial charge is 0.266 e. The third-order valence-electron chi connectivity index (χ3n) is 3.86. The number of carbonyl (C=O) groups excluding carboxylic acids is 1. The molecule has 0 bridgehead atoms. The number of aromatic nitrogens is 3. The summed E-state index contributed by atoms with van der Waals surface area (Å²) in [5.41, 5.74) is 2.54. The zero-order valence-corrected chi connectivity index (χ0v) is 13.6. The number of thiazole rings is 1. The van der Waals surface area contributed by atoms with Crippen LogP contribution in [-0.2, 0) is 11.2 Å². The van der Waals surface area contributed by atoms with Gasteiger partial charge in [-0.3, -0.25) is 4.79 Å². The second-order valence-corrected chi connectivity index (χ2v) is 6.08. The number of likely N-dealkylation sites (tertiary alicyclic amines) is 1. The maximum atomic E-state index is 12.9. The molecule has 3 rings (SSSR count). The fourth-order valence-electron chi connectivity index (χ4n) is 2.70. The van der Waals surface area contributed by atoms with Crippen LogP contribution < -0.4 is 0 Å². The Bertz CT molecular complexity index is 669. The number of nitrogens with zero attached hydrogens (tertiary/aromatic N) is 4. The predicted molar refractivity (Wildman–Crippen MR) is 79.7 cm³/mol. The Hall–Kier alpha value is -1.80. The van der Waals surface area contributed by atoms with Crippen LogP contribution in [0.4, 0.5) is 0 Å². The molecular weight excluding hydrogens is 304 g/mol. The summed E-state index contributed by atoms with van der Waals surface area (Å²) in [6.07, 6.45) is 1.36. The number of carbonyl (C=O) groups is 1. The number of hydrogen-bond acceptors (Lipinski definition) is 7. The Morgan fingerprint density at radius 1 is 1.59 bits per heavy atom. The van der Waals surface area contributed by atoms with E-state index >= 15 is 0 Å². The molecule has 0 spiro atoms. The topological polar surface area (TPSA) is 81.4 Å². The highest BCUT2D eigenvalue weighted by atomic mass is 32.1. The van der Waals surface area contributed by atoms with Crippen molar-refractivity contribution in [3.63, 3.8) is 0 Å². The van der Waals surface area contributed by atoms with Gasteiger partial charge in [0, 0.05) is 20.1 Å². The van der Waals surface area contributed by atoms with E-state index in [0.29, 0.717) is 29.6 Å². The summed E-state index contributed by atoms with van der Waals surface area (Å²) in [4.78, 5) is 23.9.